The van der Waals surface area contributed by atoms with Crippen molar-refractivity contribution in [3.63, 3.8) is 0 Å². The third-order valence-electron chi connectivity index (χ3n) is 2.80. The van der Waals surface area contributed by atoms with Crippen LogP contribution in [0, 0.1) is 0 Å². The van der Waals surface area contributed by atoms with E-state index in [2.05, 4.69) is 5.32 Å². The summed E-state index contributed by atoms with van der Waals surface area (Å²) in [6, 6.07) is 7.16. The maximum absolute atomic E-state index is 14.4. The van der Waals surface area contributed by atoms with E-state index in [0.29, 0.717) is 18.5 Å². The van der Waals surface area contributed by atoms with Crippen molar-refractivity contribution in [3.05, 3.63) is 29.8 Å². The van der Waals surface area contributed by atoms with Crippen molar-refractivity contribution in [3.8, 4) is 0 Å². The van der Waals surface area contributed by atoms with Crippen molar-refractivity contribution in [2.75, 3.05) is 18.8 Å². The summed E-state index contributed by atoms with van der Waals surface area (Å²) in [5, 5.41) is 3.15. The van der Waals surface area contributed by atoms with E-state index in [0.717, 1.165) is 18.7 Å². The number of nitrogen functional groups attached to an aromatic ring is 1. The molecule has 3 heteroatoms. The molecule has 1 heterocycles. The van der Waals surface area contributed by atoms with Gasteiger partial charge in [0.1, 0.15) is 5.67 Å². The number of anilines is 1. The number of nitrogens with two attached hydrogens (primary N) is 1. The second-order valence-electron chi connectivity index (χ2n) is 3.84. The Bertz CT molecular complexity index is 319. The van der Waals surface area contributed by atoms with E-state index in [1.165, 1.54) is 0 Å². The fraction of sp³-hybridized carbons (Fsp3) is 0.455. The number of benzene rings is 1. The van der Waals surface area contributed by atoms with Gasteiger partial charge in [0.2, 0.25) is 0 Å². The molecule has 0 saturated carbocycles. The normalized spacial score (nSPS) is 20.6. The molecule has 1 fully saturated rings. The van der Waals surface area contributed by atoms with Crippen LogP contribution in [-0.4, -0.2) is 13.1 Å². The molecule has 76 valence electrons. The van der Waals surface area contributed by atoms with E-state index in [-0.39, 0.29) is 0 Å². The lowest BCUT2D eigenvalue weighted by molar-refractivity contribution is 0.115. The standard InChI is InChI=1S/C11H15FN2/c12-11(4-6-14-7-5-11)9-2-1-3-10(13)8-9/h1-3,8,14H,4-7,13H2. The molecule has 0 amide bonds. The summed E-state index contributed by atoms with van der Waals surface area (Å²) in [6.07, 6.45) is 1.08. The van der Waals surface area contributed by atoms with Crippen LogP contribution in [-0.2, 0) is 5.67 Å². The van der Waals surface area contributed by atoms with E-state index >= 15 is 0 Å². The third kappa shape index (κ3) is 1.73. The first-order valence-electron chi connectivity index (χ1n) is 4.96. The number of alkyl halides is 1. The summed E-state index contributed by atoms with van der Waals surface area (Å²) in [7, 11) is 0. The summed E-state index contributed by atoms with van der Waals surface area (Å²) in [4.78, 5) is 0. The quantitative estimate of drug-likeness (QED) is 0.669. The number of hydrogen-bond donors (Lipinski definition) is 2. The fourth-order valence-electron chi connectivity index (χ4n) is 1.93. The summed E-state index contributed by atoms with van der Waals surface area (Å²) >= 11 is 0. The Hall–Kier alpha value is -1.09. The van der Waals surface area contributed by atoms with E-state index in [1.54, 1.807) is 12.1 Å². The molecule has 3 N–H and O–H groups in total. The van der Waals surface area contributed by atoms with Crippen LogP contribution in [0.2, 0.25) is 0 Å². The van der Waals surface area contributed by atoms with Gasteiger partial charge >= 0.3 is 0 Å². The van der Waals surface area contributed by atoms with E-state index in [1.807, 2.05) is 12.1 Å². The van der Waals surface area contributed by atoms with Gasteiger partial charge in [0, 0.05) is 5.69 Å². The fourth-order valence-corrected chi connectivity index (χ4v) is 1.93. The first-order valence-corrected chi connectivity index (χ1v) is 4.96. The van der Waals surface area contributed by atoms with Gasteiger partial charge in [0.05, 0.1) is 0 Å². The Morgan fingerprint density at radius 2 is 2.00 bits per heavy atom. The monoisotopic (exact) mass is 194 g/mol. The van der Waals surface area contributed by atoms with Gasteiger partial charge < -0.3 is 11.1 Å². The second-order valence-corrected chi connectivity index (χ2v) is 3.84. The SMILES string of the molecule is Nc1cccc(C2(F)CCNCC2)c1. The van der Waals surface area contributed by atoms with Crippen molar-refractivity contribution >= 4 is 5.69 Å². The molecule has 0 radical (unpaired) electrons. The van der Waals surface area contributed by atoms with Crippen LogP contribution >= 0.6 is 0 Å². The van der Waals surface area contributed by atoms with E-state index in [4.69, 9.17) is 5.73 Å². The van der Waals surface area contributed by atoms with Crippen LogP contribution in [0.1, 0.15) is 18.4 Å². The molecule has 1 aliphatic heterocycles. The minimum Gasteiger partial charge on any atom is -0.399 e. The highest BCUT2D eigenvalue weighted by atomic mass is 19.1. The number of rotatable bonds is 1. The average Bonchev–Trinajstić information content (AvgIpc) is 2.19. The highest BCUT2D eigenvalue weighted by molar-refractivity contribution is 5.42. The second kappa shape index (κ2) is 3.58. The molecule has 1 saturated heterocycles. The zero-order valence-corrected chi connectivity index (χ0v) is 8.09. The Labute approximate surface area is 83.3 Å². The zero-order chi connectivity index (χ0) is 10.0. The molecule has 14 heavy (non-hydrogen) atoms. The van der Waals surface area contributed by atoms with Crippen LogP contribution in [0.4, 0.5) is 10.1 Å². The molecule has 0 bridgehead atoms. The topological polar surface area (TPSA) is 38.0 Å². The molecule has 0 aliphatic carbocycles. The van der Waals surface area contributed by atoms with Gasteiger partial charge in [-0.15, -0.1) is 0 Å². The summed E-state index contributed by atoms with van der Waals surface area (Å²) < 4.78 is 14.4. The highest BCUT2D eigenvalue weighted by Crippen LogP contribution is 2.35. The molecular formula is C11H15FN2. The molecule has 0 atom stereocenters. The van der Waals surface area contributed by atoms with Crippen molar-refractivity contribution in [1.82, 2.24) is 5.32 Å². The average molecular weight is 194 g/mol. The van der Waals surface area contributed by atoms with Crippen LogP contribution in [0.25, 0.3) is 0 Å². The smallest absolute Gasteiger partial charge is 0.138 e. The maximum Gasteiger partial charge on any atom is 0.138 e. The Kier molecular flexibility index (Phi) is 2.42. The predicted octanol–water partition coefficient (Wildman–Crippen LogP) is 1.82. The number of hydrogen-bond acceptors (Lipinski definition) is 2. The first-order chi connectivity index (χ1) is 6.71. The van der Waals surface area contributed by atoms with Gasteiger partial charge in [-0.2, -0.15) is 0 Å². The van der Waals surface area contributed by atoms with Crippen molar-refractivity contribution < 1.29 is 4.39 Å². The van der Waals surface area contributed by atoms with Crippen molar-refractivity contribution in [1.29, 1.82) is 0 Å². The van der Waals surface area contributed by atoms with Gasteiger partial charge in [-0.05, 0) is 43.6 Å². The van der Waals surface area contributed by atoms with Gasteiger partial charge in [-0.3, -0.25) is 0 Å². The molecule has 1 aromatic carbocycles. The van der Waals surface area contributed by atoms with Crippen LogP contribution < -0.4 is 11.1 Å². The maximum atomic E-state index is 14.4. The van der Waals surface area contributed by atoms with Gasteiger partial charge in [0.25, 0.3) is 0 Å². The van der Waals surface area contributed by atoms with Gasteiger partial charge in [0.15, 0.2) is 0 Å². The van der Waals surface area contributed by atoms with Crippen molar-refractivity contribution in [2.24, 2.45) is 0 Å². The zero-order valence-electron chi connectivity index (χ0n) is 8.09. The number of piperidine rings is 1. The minimum atomic E-state index is -1.18. The van der Waals surface area contributed by atoms with E-state index in [9.17, 15) is 4.39 Å². The highest BCUT2D eigenvalue weighted by Gasteiger charge is 2.33. The Morgan fingerprint density at radius 1 is 1.29 bits per heavy atom. The third-order valence-corrected chi connectivity index (χ3v) is 2.80. The number of halogens is 1. The first kappa shape index (κ1) is 9.46. The molecule has 0 aromatic heterocycles. The Balaban J connectivity index is 2.28. The Morgan fingerprint density at radius 3 is 2.64 bits per heavy atom. The molecular weight excluding hydrogens is 179 g/mol. The lowest BCUT2D eigenvalue weighted by atomic mass is 9.87. The summed E-state index contributed by atoms with van der Waals surface area (Å²) in [5.74, 6) is 0. The molecule has 0 unspecified atom stereocenters. The summed E-state index contributed by atoms with van der Waals surface area (Å²) in [6.45, 7) is 1.48. The molecule has 1 aromatic rings. The number of nitrogens with one attached hydrogen (secondary N) is 1. The van der Waals surface area contributed by atoms with Gasteiger partial charge in [-0.1, -0.05) is 12.1 Å². The molecule has 2 rings (SSSR count). The lowest BCUT2D eigenvalue weighted by Gasteiger charge is -2.30. The predicted molar refractivity (Wildman–Crippen MR) is 55.7 cm³/mol. The van der Waals surface area contributed by atoms with Crippen LogP contribution in [0.15, 0.2) is 24.3 Å². The lowest BCUT2D eigenvalue weighted by Crippen LogP contribution is -2.36. The van der Waals surface area contributed by atoms with Crippen molar-refractivity contribution in [2.45, 2.75) is 18.5 Å². The minimum absolute atomic E-state index is 0.538. The van der Waals surface area contributed by atoms with E-state index < -0.39 is 5.67 Å². The summed E-state index contributed by atoms with van der Waals surface area (Å²) in [5.41, 5.74) is 5.82. The molecule has 1 aliphatic rings. The van der Waals surface area contributed by atoms with Gasteiger partial charge in [-0.25, -0.2) is 4.39 Å². The molecule has 2 nitrogen and oxygen atoms in total. The van der Waals surface area contributed by atoms with Crippen LogP contribution in [0.5, 0.6) is 0 Å². The largest absolute Gasteiger partial charge is 0.399 e. The van der Waals surface area contributed by atoms with Crippen LogP contribution in [0.3, 0.4) is 0 Å². The molecule has 0 spiro atoms.